The number of carboxylic acid groups (broad SMARTS) is 1. The molecule has 33 heavy (non-hydrogen) atoms. The quantitative estimate of drug-likeness (QED) is 0.427. The van der Waals surface area contributed by atoms with Gasteiger partial charge in [-0.2, -0.15) is 10.2 Å². The van der Waals surface area contributed by atoms with Crippen LogP contribution in [-0.4, -0.2) is 36.5 Å². The number of nitrogens with zero attached hydrogens (tertiary/aromatic N) is 4. The second-order valence-electron chi connectivity index (χ2n) is 7.46. The van der Waals surface area contributed by atoms with Crippen LogP contribution in [0.25, 0.3) is 11.1 Å². The van der Waals surface area contributed by atoms with Gasteiger partial charge in [0.05, 0.1) is 28.8 Å². The molecule has 0 spiro atoms. The van der Waals surface area contributed by atoms with Gasteiger partial charge in [-0.1, -0.05) is 48.5 Å². The predicted molar refractivity (Wildman–Crippen MR) is 122 cm³/mol. The molecule has 0 saturated carbocycles. The third kappa shape index (κ3) is 4.93. The zero-order chi connectivity index (χ0) is 23.4. The van der Waals surface area contributed by atoms with Crippen molar-refractivity contribution in [3.63, 3.8) is 0 Å². The van der Waals surface area contributed by atoms with Crippen molar-refractivity contribution < 1.29 is 19.4 Å². The Morgan fingerprint density at radius 1 is 1.06 bits per heavy atom. The van der Waals surface area contributed by atoms with Crippen LogP contribution in [0, 0.1) is 13.8 Å². The molecule has 0 aliphatic carbocycles. The van der Waals surface area contributed by atoms with E-state index in [1.807, 2.05) is 61.5 Å². The Labute approximate surface area is 190 Å². The van der Waals surface area contributed by atoms with Gasteiger partial charge in [-0.15, -0.1) is 0 Å². The third-order valence-electron chi connectivity index (χ3n) is 5.13. The molecule has 4 rings (SSSR count). The number of aromatic nitrogens is 4. The smallest absolute Gasteiger partial charge is 0.325 e. The lowest BCUT2D eigenvalue weighted by Gasteiger charge is -2.13. The number of benzene rings is 2. The highest BCUT2D eigenvalue weighted by Gasteiger charge is 2.17. The van der Waals surface area contributed by atoms with Gasteiger partial charge in [-0.05, 0) is 25.5 Å². The summed E-state index contributed by atoms with van der Waals surface area (Å²) >= 11 is 0. The molecule has 0 aliphatic heterocycles. The van der Waals surface area contributed by atoms with Crippen molar-refractivity contribution in [1.29, 1.82) is 0 Å². The highest BCUT2D eigenvalue weighted by Crippen LogP contribution is 2.30. The van der Waals surface area contributed by atoms with Gasteiger partial charge in [0.2, 0.25) is 0 Å². The summed E-state index contributed by atoms with van der Waals surface area (Å²) in [5, 5.41) is 20.1. The molecular weight excluding hydrogens is 422 g/mol. The van der Waals surface area contributed by atoms with Crippen molar-refractivity contribution in [2.75, 3.05) is 5.32 Å². The lowest BCUT2D eigenvalue weighted by Crippen LogP contribution is -2.14. The standard InChI is InChI=1S/C24H23N5O4/c1-16-23(26-24(32)19-12-25-28(13-19)14-22(30)31)17(2)29(27-16)15-33-21-11-7-6-10-20(21)18-8-4-3-5-9-18/h3-13H,14-15H2,1-2H3,(H,26,32)(H,30,31). The Morgan fingerprint density at radius 3 is 2.55 bits per heavy atom. The van der Waals surface area contributed by atoms with Crippen LogP contribution >= 0.6 is 0 Å². The molecule has 0 fully saturated rings. The third-order valence-corrected chi connectivity index (χ3v) is 5.13. The summed E-state index contributed by atoms with van der Waals surface area (Å²) in [6, 6.07) is 17.8. The van der Waals surface area contributed by atoms with Crippen LogP contribution in [0.2, 0.25) is 0 Å². The fourth-order valence-electron chi connectivity index (χ4n) is 3.47. The van der Waals surface area contributed by atoms with Crippen LogP contribution in [-0.2, 0) is 18.1 Å². The summed E-state index contributed by atoms with van der Waals surface area (Å²) in [7, 11) is 0. The minimum atomic E-state index is -1.04. The number of carbonyl (C=O) groups is 2. The summed E-state index contributed by atoms with van der Waals surface area (Å²) in [5.74, 6) is -0.702. The lowest BCUT2D eigenvalue weighted by atomic mass is 10.1. The van der Waals surface area contributed by atoms with Crippen LogP contribution in [0.4, 0.5) is 5.69 Å². The van der Waals surface area contributed by atoms with E-state index in [9.17, 15) is 9.59 Å². The van der Waals surface area contributed by atoms with Gasteiger partial charge in [0.15, 0.2) is 6.73 Å². The fourth-order valence-corrected chi connectivity index (χ4v) is 3.47. The van der Waals surface area contributed by atoms with E-state index in [4.69, 9.17) is 9.84 Å². The Balaban J connectivity index is 1.48. The Hall–Kier alpha value is -4.40. The summed E-state index contributed by atoms with van der Waals surface area (Å²) in [4.78, 5) is 23.4. The Kier molecular flexibility index (Phi) is 6.21. The van der Waals surface area contributed by atoms with Crippen LogP contribution in [0.3, 0.4) is 0 Å². The molecule has 1 amide bonds. The van der Waals surface area contributed by atoms with Gasteiger partial charge in [0.25, 0.3) is 5.91 Å². The maximum atomic E-state index is 12.6. The number of anilines is 1. The molecule has 4 aromatic rings. The normalized spacial score (nSPS) is 10.7. The molecule has 9 nitrogen and oxygen atoms in total. The van der Waals surface area contributed by atoms with Crippen molar-refractivity contribution in [2.24, 2.45) is 0 Å². The summed E-state index contributed by atoms with van der Waals surface area (Å²) in [6.07, 6.45) is 2.72. The minimum Gasteiger partial charge on any atom is -0.480 e. The number of rotatable bonds is 8. The number of hydrogen-bond donors (Lipinski definition) is 2. The first-order valence-electron chi connectivity index (χ1n) is 10.3. The molecule has 9 heteroatoms. The zero-order valence-corrected chi connectivity index (χ0v) is 18.2. The molecule has 2 heterocycles. The average Bonchev–Trinajstić information content (AvgIpc) is 3.38. The number of ether oxygens (including phenoxy) is 1. The number of amides is 1. The second kappa shape index (κ2) is 9.39. The van der Waals surface area contributed by atoms with Gasteiger partial charge >= 0.3 is 5.97 Å². The van der Waals surface area contributed by atoms with Gasteiger partial charge < -0.3 is 15.2 Å². The predicted octanol–water partition coefficient (Wildman–Crippen LogP) is 3.74. The number of carbonyl (C=O) groups excluding carboxylic acids is 1. The molecule has 0 saturated heterocycles. The first-order valence-corrected chi connectivity index (χ1v) is 10.3. The van der Waals surface area contributed by atoms with E-state index < -0.39 is 11.9 Å². The maximum Gasteiger partial charge on any atom is 0.325 e. The second-order valence-corrected chi connectivity index (χ2v) is 7.46. The molecule has 0 bridgehead atoms. The van der Waals surface area contributed by atoms with Gasteiger partial charge in [0.1, 0.15) is 12.3 Å². The van der Waals surface area contributed by atoms with Crippen molar-refractivity contribution in [1.82, 2.24) is 19.6 Å². The first kappa shape index (κ1) is 21.8. The summed E-state index contributed by atoms with van der Waals surface area (Å²) in [5.41, 5.74) is 4.24. The van der Waals surface area contributed by atoms with Crippen molar-refractivity contribution in [3.05, 3.63) is 83.9 Å². The van der Waals surface area contributed by atoms with Gasteiger partial charge in [-0.25, -0.2) is 4.68 Å². The average molecular weight is 445 g/mol. The van der Waals surface area contributed by atoms with Crippen molar-refractivity contribution in [2.45, 2.75) is 27.1 Å². The molecule has 168 valence electrons. The van der Waals surface area contributed by atoms with Gasteiger partial charge in [0, 0.05) is 11.8 Å². The number of para-hydroxylation sites is 1. The molecule has 0 aliphatic rings. The SMILES string of the molecule is Cc1nn(COc2ccccc2-c2ccccc2)c(C)c1NC(=O)c1cnn(CC(=O)O)c1. The van der Waals surface area contributed by atoms with Crippen LogP contribution in [0.1, 0.15) is 21.7 Å². The van der Waals surface area contributed by atoms with E-state index in [-0.39, 0.29) is 18.8 Å². The lowest BCUT2D eigenvalue weighted by molar-refractivity contribution is -0.137. The largest absolute Gasteiger partial charge is 0.480 e. The van der Waals surface area contributed by atoms with Gasteiger partial charge in [-0.3, -0.25) is 14.3 Å². The summed E-state index contributed by atoms with van der Waals surface area (Å²) < 4.78 is 8.95. The van der Waals surface area contributed by atoms with E-state index in [0.717, 1.165) is 22.6 Å². The highest BCUT2D eigenvalue weighted by molar-refractivity contribution is 6.04. The van der Waals surface area contributed by atoms with Crippen LogP contribution < -0.4 is 10.1 Å². The molecule has 2 aromatic heterocycles. The monoisotopic (exact) mass is 445 g/mol. The molecule has 0 unspecified atom stereocenters. The van der Waals surface area contributed by atoms with Crippen molar-refractivity contribution >= 4 is 17.6 Å². The van der Waals surface area contributed by atoms with E-state index in [2.05, 4.69) is 15.5 Å². The Bertz CT molecular complexity index is 1290. The van der Waals surface area contributed by atoms with Crippen LogP contribution in [0.5, 0.6) is 5.75 Å². The molecule has 0 atom stereocenters. The topological polar surface area (TPSA) is 111 Å². The van der Waals surface area contributed by atoms with E-state index in [0.29, 0.717) is 11.4 Å². The Morgan fingerprint density at radius 2 is 1.79 bits per heavy atom. The zero-order valence-electron chi connectivity index (χ0n) is 18.2. The summed E-state index contributed by atoms with van der Waals surface area (Å²) in [6.45, 7) is 3.49. The number of carboxylic acids is 1. The van der Waals surface area contributed by atoms with Crippen LogP contribution in [0.15, 0.2) is 67.0 Å². The van der Waals surface area contributed by atoms with Crippen molar-refractivity contribution in [3.8, 4) is 16.9 Å². The molecule has 2 N–H and O–H groups in total. The first-order chi connectivity index (χ1) is 15.9. The number of aliphatic carboxylic acids is 1. The molecular formula is C24H23N5O4. The number of hydrogen-bond acceptors (Lipinski definition) is 5. The highest BCUT2D eigenvalue weighted by atomic mass is 16.5. The molecule has 2 aromatic carbocycles. The number of nitrogens with one attached hydrogen (secondary N) is 1. The molecule has 0 radical (unpaired) electrons. The minimum absolute atomic E-state index is 0.170. The fraction of sp³-hybridized carbons (Fsp3) is 0.167. The number of aryl methyl sites for hydroxylation is 1. The van der Waals surface area contributed by atoms with E-state index >= 15 is 0 Å². The maximum absolute atomic E-state index is 12.6. The van der Waals surface area contributed by atoms with E-state index in [1.165, 1.54) is 17.1 Å². The van der Waals surface area contributed by atoms with E-state index in [1.54, 1.807) is 11.6 Å².